The van der Waals surface area contributed by atoms with Crippen LogP contribution in [0.3, 0.4) is 0 Å². The van der Waals surface area contributed by atoms with Gasteiger partial charge in [0.15, 0.2) is 0 Å². The summed E-state index contributed by atoms with van der Waals surface area (Å²) in [5.41, 5.74) is 0.141. The van der Waals surface area contributed by atoms with Crippen molar-refractivity contribution >= 4 is 11.6 Å². The summed E-state index contributed by atoms with van der Waals surface area (Å²) < 4.78 is 31.8. The molecule has 1 fully saturated rings. The van der Waals surface area contributed by atoms with E-state index in [0.29, 0.717) is 31.1 Å². The lowest BCUT2D eigenvalue weighted by molar-refractivity contribution is 0.160. The second-order valence-corrected chi connectivity index (χ2v) is 4.62. The zero-order valence-electron chi connectivity index (χ0n) is 8.81. The third-order valence-electron chi connectivity index (χ3n) is 3.04. The maximum absolute atomic E-state index is 13.5. The molecule has 16 heavy (non-hydrogen) atoms. The van der Waals surface area contributed by atoms with Gasteiger partial charge in [0, 0.05) is 17.9 Å². The maximum Gasteiger partial charge on any atom is 0.126 e. The van der Waals surface area contributed by atoms with Crippen molar-refractivity contribution in [1.29, 1.82) is 0 Å². The largest absolute Gasteiger partial charge is 0.381 e. The van der Waals surface area contributed by atoms with Gasteiger partial charge in [-0.3, -0.25) is 0 Å². The van der Waals surface area contributed by atoms with Crippen LogP contribution in [0.5, 0.6) is 0 Å². The maximum atomic E-state index is 13.5. The molecule has 0 aromatic heterocycles. The number of hydrogen-bond acceptors (Lipinski definition) is 1. The minimum atomic E-state index is -0.417. The Bertz CT molecular complexity index is 375. The van der Waals surface area contributed by atoms with Gasteiger partial charge in [-0.25, -0.2) is 8.78 Å². The zero-order chi connectivity index (χ0) is 11.6. The molecule has 0 spiro atoms. The molecule has 1 unspecified atom stereocenters. The summed E-state index contributed by atoms with van der Waals surface area (Å²) in [7, 11) is 0. The summed E-state index contributed by atoms with van der Waals surface area (Å²) in [5, 5.41) is 0. The number of rotatable bonds is 3. The van der Waals surface area contributed by atoms with Gasteiger partial charge in [0.05, 0.1) is 6.61 Å². The van der Waals surface area contributed by atoms with Crippen LogP contribution in [0.4, 0.5) is 8.78 Å². The van der Waals surface area contributed by atoms with Crippen molar-refractivity contribution in [2.45, 2.75) is 12.8 Å². The average Bonchev–Trinajstić information content (AvgIpc) is 2.73. The van der Waals surface area contributed by atoms with E-state index in [0.717, 1.165) is 18.6 Å². The van der Waals surface area contributed by atoms with Crippen molar-refractivity contribution in [2.75, 3.05) is 19.1 Å². The zero-order valence-corrected chi connectivity index (χ0v) is 9.57. The summed E-state index contributed by atoms with van der Waals surface area (Å²) in [6.07, 6.45) is 1.23. The molecule has 0 N–H and O–H groups in total. The molecule has 1 nitrogen and oxygen atoms in total. The van der Waals surface area contributed by atoms with Crippen LogP contribution in [0.25, 0.3) is 0 Å². The van der Waals surface area contributed by atoms with E-state index in [-0.39, 0.29) is 11.2 Å². The third-order valence-corrected chi connectivity index (χ3v) is 3.61. The van der Waals surface area contributed by atoms with Crippen molar-refractivity contribution < 1.29 is 13.5 Å². The Morgan fingerprint density at radius 3 is 2.81 bits per heavy atom. The fourth-order valence-electron chi connectivity index (χ4n) is 2.02. The van der Waals surface area contributed by atoms with Gasteiger partial charge in [-0.05, 0) is 36.6 Å². The molecule has 88 valence electrons. The van der Waals surface area contributed by atoms with Crippen LogP contribution in [-0.2, 0) is 11.2 Å². The van der Waals surface area contributed by atoms with Gasteiger partial charge in [0.1, 0.15) is 11.6 Å². The van der Waals surface area contributed by atoms with Gasteiger partial charge in [0.2, 0.25) is 0 Å². The molecular weight excluding hydrogens is 234 g/mol. The van der Waals surface area contributed by atoms with Crippen LogP contribution >= 0.6 is 11.6 Å². The summed E-state index contributed by atoms with van der Waals surface area (Å²) in [6, 6.07) is 3.52. The summed E-state index contributed by atoms with van der Waals surface area (Å²) in [5.74, 6) is -0.388. The smallest absolute Gasteiger partial charge is 0.126 e. The second kappa shape index (κ2) is 4.68. The Labute approximate surface area is 98.4 Å². The van der Waals surface area contributed by atoms with E-state index in [1.54, 1.807) is 0 Å². The number of benzene rings is 1. The molecule has 1 heterocycles. The minimum absolute atomic E-state index is 0.240. The fourth-order valence-corrected chi connectivity index (χ4v) is 2.33. The molecule has 0 saturated carbocycles. The lowest BCUT2D eigenvalue weighted by atomic mass is 9.83. The molecule has 1 aliphatic heterocycles. The van der Waals surface area contributed by atoms with Crippen LogP contribution in [0.15, 0.2) is 18.2 Å². The van der Waals surface area contributed by atoms with Gasteiger partial charge in [0.25, 0.3) is 0 Å². The molecule has 2 rings (SSSR count). The van der Waals surface area contributed by atoms with Crippen LogP contribution in [0.2, 0.25) is 0 Å². The Balaban J connectivity index is 2.21. The minimum Gasteiger partial charge on any atom is -0.381 e. The molecule has 4 heteroatoms. The van der Waals surface area contributed by atoms with Gasteiger partial charge in [-0.1, -0.05) is 0 Å². The lowest BCUT2D eigenvalue weighted by Crippen LogP contribution is -2.26. The number of ether oxygens (including phenoxy) is 1. The molecule has 0 radical (unpaired) electrons. The van der Waals surface area contributed by atoms with E-state index in [4.69, 9.17) is 16.3 Å². The van der Waals surface area contributed by atoms with E-state index in [2.05, 4.69) is 0 Å². The molecule has 0 aliphatic carbocycles. The van der Waals surface area contributed by atoms with Gasteiger partial charge >= 0.3 is 0 Å². The van der Waals surface area contributed by atoms with Gasteiger partial charge < -0.3 is 4.74 Å². The molecule has 1 aromatic carbocycles. The summed E-state index contributed by atoms with van der Waals surface area (Å²) >= 11 is 5.91. The van der Waals surface area contributed by atoms with Crippen LogP contribution in [-0.4, -0.2) is 19.1 Å². The van der Waals surface area contributed by atoms with E-state index in [9.17, 15) is 8.78 Å². The first-order valence-electron chi connectivity index (χ1n) is 5.23. The number of hydrogen-bond donors (Lipinski definition) is 0. The van der Waals surface area contributed by atoms with Crippen molar-refractivity contribution in [3.63, 3.8) is 0 Å². The molecule has 1 atom stereocenters. The molecule has 0 amide bonds. The Hall–Kier alpha value is -0.670. The van der Waals surface area contributed by atoms with Gasteiger partial charge in [-0.15, -0.1) is 11.6 Å². The lowest BCUT2D eigenvalue weighted by Gasteiger charge is -2.24. The molecule has 1 saturated heterocycles. The quantitative estimate of drug-likeness (QED) is 0.745. The van der Waals surface area contributed by atoms with Crippen LogP contribution in [0, 0.1) is 17.0 Å². The standard InChI is InChI=1S/C12H13ClF2O/c13-7-12(3-4-16-8-12)6-9-5-10(14)1-2-11(9)15/h1-2,5H,3-4,6-8H2. The van der Waals surface area contributed by atoms with E-state index < -0.39 is 5.82 Å². The first-order valence-corrected chi connectivity index (χ1v) is 5.76. The van der Waals surface area contributed by atoms with Crippen LogP contribution < -0.4 is 0 Å². The highest BCUT2D eigenvalue weighted by molar-refractivity contribution is 6.18. The Morgan fingerprint density at radius 1 is 1.38 bits per heavy atom. The van der Waals surface area contributed by atoms with E-state index in [1.807, 2.05) is 0 Å². The molecule has 1 aliphatic rings. The Kier molecular flexibility index (Phi) is 3.45. The van der Waals surface area contributed by atoms with Crippen molar-refractivity contribution in [2.24, 2.45) is 5.41 Å². The van der Waals surface area contributed by atoms with Crippen molar-refractivity contribution in [3.8, 4) is 0 Å². The van der Waals surface area contributed by atoms with Gasteiger partial charge in [-0.2, -0.15) is 0 Å². The summed E-state index contributed by atoms with van der Waals surface area (Å²) in [4.78, 5) is 0. The monoisotopic (exact) mass is 246 g/mol. The second-order valence-electron chi connectivity index (χ2n) is 4.35. The highest BCUT2D eigenvalue weighted by Crippen LogP contribution is 2.34. The molecule has 1 aromatic rings. The SMILES string of the molecule is Fc1ccc(F)c(CC2(CCl)CCOC2)c1. The fraction of sp³-hybridized carbons (Fsp3) is 0.500. The average molecular weight is 247 g/mol. The first kappa shape index (κ1) is 11.8. The third kappa shape index (κ3) is 2.36. The van der Waals surface area contributed by atoms with E-state index in [1.165, 1.54) is 6.07 Å². The van der Waals surface area contributed by atoms with Crippen molar-refractivity contribution in [1.82, 2.24) is 0 Å². The number of alkyl halides is 1. The molecular formula is C12H13ClF2O. The summed E-state index contributed by atoms with van der Waals surface area (Å²) in [6.45, 7) is 1.16. The first-order chi connectivity index (χ1) is 7.65. The number of halogens is 3. The topological polar surface area (TPSA) is 9.23 Å². The Morgan fingerprint density at radius 2 is 2.19 bits per heavy atom. The van der Waals surface area contributed by atoms with Crippen molar-refractivity contribution in [3.05, 3.63) is 35.4 Å². The van der Waals surface area contributed by atoms with E-state index >= 15 is 0 Å². The predicted octanol–water partition coefficient (Wildman–Crippen LogP) is 3.15. The predicted molar refractivity (Wildman–Crippen MR) is 58.7 cm³/mol. The van der Waals surface area contributed by atoms with Crippen LogP contribution in [0.1, 0.15) is 12.0 Å². The highest BCUT2D eigenvalue weighted by atomic mass is 35.5. The highest BCUT2D eigenvalue weighted by Gasteiger charge is 2.35. The normalized spacial score (nSPS) is 24.9. The molecule has 0 bridgehead atoms.